The molecule has 0 heterocycles. The van der Waals surface area contributed by atoms with Gasteiger partial charge in [-0.05, 0) is 45.4 Å². The molecule has 0 bridgehead atoms. The summed E-state index contributed by atoms with van der Waals surface area (Å²) in [6.45, 7) is 2.03. The summed E-state index contributed by atoms with van der Waals surface area (Å²) in [6, 6.07) is 0. The summed E-state index contributed by atoms with van der Waals surface area (Å²) in [5, 5.41) is 8.48. The van der Waals surface area contributed by atoms with E-state index in [2.05, 4.69) is 60.8 Å². The lowest BCUT2D eigenvalue weighted by Gasteiger charge is -1.89. The molecule has 0 saturated carbocycles. The average Bonchev–Trinajstić information content (AvgIpc) is 2.46. The number of allylic oxidation sites excluding steroid dienone is 10. The van der Waals surface area contributed by atoms with Crippen molar-refractivity contribution in [1.82, 2.24) is 0 Å². The van der Waals surface area contributed by atoms with Crippen LogP contribution < -0.4 is 0 Å². The minimum atomic E-state index is -0.716. The lowest BCUT2D eigenvalue weighted by atomic mass is 10.2. The van der Waals surface area contributed by atoms with Crippen molar-refractivity contribution in [1.29, 1.82) is 0 Å². The molecule has 0 aromatic carbocycles. The van der Waals surface area contributed by atoms with E-state index in [1.807, 2.05) is 6.92 Å². The summed E-state index contributed by atoms with van der Waals surface area (Å²) in [5.74, 6) is -0.716. The summed E-state index contributed by atoms with van der Waals surface area (Å²) in [6.07, 6.45) is 27.1. The number of rotatable bonds is 12. The quantitative estimate of drug-likeness (QED) is 0.375. The predicted octanol–water partition coefficient (Wildman–Crippen LogP) is 5.60. The largest absolute Gasteiger partial charge is 0.481 e. The molecule has 2 nitrogen and oxygen atoms in total. The summed E-state index contributed by atoms with van der Waals surface area (Å²) in [5.41, 5.74) is 0. The molecule has 0 aliphatic carbocycles. The Kier molecular flexibility index (Phi) is 14.8. The van der Waals surface area contributed by atoms with Gasteiger partial charge in [-0.15, -0.1) is 0 Å². The van der Waals surface area contributed by atoms with Crippen LogP contribution >= 0.6 is 0 Å². The molecule has 0 aliphatic rings. The minimum absolute atomic E-state index is 0.258. The van der Waals surface area contributed by atoms with E-state index in [4.69, 9.17) is 5.11 Å². The van der Waals surface area contributed by atoms with Gasteiger partial charge in [0.2, 0.25) is 0 Å². The van der Waals surface area contributed by atoms with Crippen LogP contribution in [0.4, 0.5) is 0 Å². The van der Waals surface area contributed by atoms with Crippen molar-refractivity contribution < 1.29 is 9.90 Å². The zero-order valence-electron chi connectivity index (χ0n) is 13.1. The highest BCUT2D eigenvalue weighted by atomic mass is 16.4. The van der Waals surface area contributed by atoms with Crippen molar-refractivity contribution in [2.75, 3.05) is 0 Å². The first-order valence-electron chi connectivity index (χ1n) is 7.70. The van der Waals surface area contributed by atoms with Gasteiger partial charge in [0, 0.05) is 6.42 Å². The van der Waals surface area contributed by atoms with Gasteiger partial charge < -0.3 is 5.11 Å². The molecule has 0 atom stereocenters. The van der Waals surface area contributed by atoms with Crippen molar-refractivity contribution in [2.24, 2.45) is 0 Å². The Hall–Kier alpha value is -1.83. The molecule has 21 heavy (non-hydrogen) atoms. The molecule has 0 fully saturated rings. The van der Waals surface area contributed by atoms with Crippen molar-refractivity contribution in [3.63, 3.8) is 0 Å². The Morgan fingerprint density at radius 1 is 0.762 bits per heavy atom. The molecular formula is C19H28O2. The van der Waals surface area contributed by atoms with E-state index in [1.54, 1.807) is 0 Å². The second-order valence-corrected chi connectivity index (χ2v) is 4.68. The zero-order valence-corrected chi connectivity index (χ0v) is 13.1. The third-order valence-electron chi connectivity index (χ3n) is 2.75. The lowest BCUT2D eigenvalue weighted by molar-refractivity contribution is -0.137. The predicted molar refractivity (Wildman–Crippen MR) is 91.3 cm³/mol. The number of carboxylic acid groups (broad SMARTS) is 1. The van der Waals surface area contributed by atoms with E-state index in [1.165, 1.54) is 0 Å². The van der Waals surface area contributed by atoms with Crippen LogP contribution in [-0.2, 0) is 4.79 Å². The highest BCUT2D eigenvalue weighted by molar-refractivity contribution is 5.66. The standard InChI is InChI=1S/C19H28O2/c1-2-3-4-5-6-7-8-9-10-11-12-13-14-15-16-17-18-19(20)21/h2-3,5-6,8-9,11-12,14-15H,4,7,10,13,16-18H2,1H3,(H,20,21)/b3-2-,6-5-,9-8-,12-11-,15-14-. The third-order valence-corrected chi connectivity index (χ3v) is 2.75. The fourth-order valence-corrected chi connectivity index (χ4v) is 1.61. The van der Waals surface area contributed by atoms with Crippen molar-refractivity contribution in [3.05, 3.63) is 60.8 Å². The molecule has 0 aliphatic heterocycles. The first kappa shape index (κ1) is 19.2. The molecule has 0 spiro atoms. The Morgan fingerprint density at radius 2 is 1.19 bits per heavy atom. The maximum absolute atomic E-state index is 10.3. The van der Waals surface area contributed by atoms with Crippen LogP contribution in [0.2, 0.25) is 0 Å². The van der Waals surface area contributed by atoms with Crippen LogP contribution in [0.1, 0.15) is 51.9 Å². The van der Waals surface area contributed by atoms with Crippen LogP contribution in [0.3, 0.4) is 0 Å². The Bertz CT molecular complexity index is 384. The second-order valence-electron chi connectivity index (χ2n) is 4.68. The molecular weight excluding hydrogens is 260 g/mol. The van der Waals surface area contributed by atoms with E-state index in [0.717, 1.165) is 38.5 Å². The first-order valence-corrected chi connectivity index (χ1v) is 7.70. The van der Waals surface area contributed by atoms with Crippen LogP contribution in [0.25, 0.3) is 0 Å². The molecule has 0 radical (unpaired) electrons. The van der Waals surface area contributed by atoms with Crippen LogP contribution in [0.15, 0.2) is 60.8 Å². The summed E-state index contributed by atoms with van der Waals surface area (Å²) in [7, 11) is 0. The normalized spacial score (nSPS) is 12.8. The molecule has 0 aromatic heterocycles. The van der Waals surface area contributed by atoms with E-state index < -0.39 is 5.97 Å². The van der Waals surface area contributed by atoms with Gasteiger partial charge >= 0.3 is 5.97 Å². The highest BCUT2D eigenvalue weighted by Gasteiger charge is 1.92. The van der Waals surface area contributed by atoms with Gasteiger partial charge in [0.15, 0.2) is 0 Å². The van der Waals surface area contributed by atoms with Gasteiger partial charge in [-0.25, -0.2) is 0 Å². The van der Waals surface area contributed by atoms with Crippen molar-refractivity contribution in [3.8, 4) is 0 Å². The highest BCUT2D eigenvalue weighted by Crippen LogP contribution is 1.99. The van der Waals surface area contributed by atoms with Gasteiger partial charge in [0.05, 0.1) is 0 Å². The fraction of sp³-hybridized carbons (Fsp3) is 0.421. The Morgan fingerprint density at radius 3 is 1.62 bits per heavy atom. The molecule has 2 heteroatoms. The number of carbonyl (C=O) groups is 1. The van der Waals surface area contributed by atoms with Gasteiger partial charge in [-0.1, -0.05) is 60.8 Å². The maximum atomic E-state index is 10.3. The number of unbranched alkanes of at least 4 members (excludes halogenated alkanes) is 1. The molecule has 0 saturated heterocycles. The topological polar surface area (TPSA) is 37.3 Å². The molecule has 0 aromatic rings. The van der Waals surface area contributed by atoms with Crippen molar-refractivity contribution in [2.45, 2.75) is 51.9 Å². The molecule has 0 rings (SSSR count). The fourth-order valence-electron chi connectivity index (χ4n) is 1.61. The molecule has 0 amide bonds. The number of aliphatic carboxylic acids is 1. The maximum Gasteiger partial charge on any atom is 0.303 e. The first-order chi connectivity index (χ1) is 10.3. The third kappa shape index (κ3) is 18.2. The Balaban J connectivity index is 3.45. The second kappa shape index (κ2) is 16.2. The Labute approximate surface area is 129 Å². The van der Waals surface area contributed by atoms with Gasteiger partial charge in [0.25, 0.3) is 0 Å². The summed E-state index contributed by atoms with van der Waals surface area (Å²) >= 11 is 0. The van der Waals surface area contributed by atoms with E-state index >= 15 is 0 Å². The number of hydrogen-bond donors (Lipinski definition) is 1. The smallest absolute Gasteiger partial charge is 0.303 e. The monoisotopic (exact) mass is 288 g/mol. The summed E-state index contributed by atoms with van der Waals surface area (Å²) < 4.78 is 0. The van der Waals surface area contributed by atoms with Crippen LogP contribution in [-0.4, -0.2) is 11.1 Å². The average molecular weight is 288 g/mol. The van der Waals surface area contributed by atoms with Crippen LogP contribution in [0, 0.1) is 0 Å². The van der Waals surface area contributed by atoms with Gasteiger partial charge in [-0.3, -0.25) is 4.79 Å². The molecule has 0 unspecified atom stereocenters. The van der Waals surface area contributed by atoms with Gasteiger partial charge in [-0.2, -0.15) is 0 Å². The minimum Gasteiger partial charge on any atom is -0.481 e. The van der Waals surface area contributed by atoms with E-state index in [9.17, 15) is 4.79 Å². The van der Waals surface area contributed by atoms with Crippen LogP contribution in [0.5, 0.6) is 0 Å². The van der Waals surface area contributed by atoms with Gasteiger partial charge in [0.1, 0.15) is 0 Å². The number of carboxylic acids is 1. The lowest BCUT2D eigenvalue weighted by Crippen LogP contribution is -1.92. The summed E-state index contributed by atoms with van der Waals surface area (Å²) in [4.78, 5) is 10.3. The molecule has 116 valence electrons. The van der Waals surface area contributed by atoms with E-state index in [-0.39, 0.29) is 6.42 Å². The van der Waals surface area contributed by atoms with E-state index in [0.29, 0.717) is 0 Å². The zero-order chi connectivity index (χ0) is 15.6. The molecule has 1 N–H and O–H groups in total. The number of hydrogen-bond acceptors (Lipinski definition) is 1. The van der Waals surface area contributed by atoms with Crippen molar-refractivity contribution >= 4 is 5.97 Å². The SMILES string of the molecule is C/C=C\C/C=C\C/C=C\C/C=C\C/C=C\CCCC(=O)O.